The Balaban J connectivity index is 1.49. The van der Waals surface area contributed by atoms with Crippen LogP contribution in [0.4, 0.5) is 0 Å². The van der Waals surface area contributed by atoms with Gasteiger partial charge < -0.3 is 4.90 Å². The zero-order valence-corrected chi connectivity index (χ0v) is 18.5. The highest BCUT2D eigenvalue weighted by Gasteiger charge is 2.27. The lowest BCUT2D eigenvalue weighted by molar-refractivity contribution is 0.0743. The number of hydrogen-bond donors (Lipinski definition) is 0. The normalized spacial score (nSPS) is 15.9. The van der Waals surface area contributed by atoms with E-state index in [4.69, 9.17) is 28.2 Å². The summed E-state index contributed by atoms with van der Waals surface area (Å²) >= 11 is 12.2. The SMILES string of the molecule is O=C(c1ccc(Cl)nc1)N1CCC(=C2c3ccc(Cl)cc3CCc3cccnc32)CC1. The Morgan fingerprint density at radius 1 is 0.903 bits per heavy atom. The summed E-state index contributed by atoms with van der Waals surface area (Å²) in [7, 11) is 0. The van der Waals surface area contributed by atoms with Crippen molar-refractivity contribution in [3.63, 3.8) is 0 Å². The van der Waals surface area contributed by atoms with Crippen LogP contribution in [-0.4, -0.2) is 33.9 Å². The molecule has 1 aliphatic heterocycles. The van der Waals surface area contributed by atoms with Gasteiger partial charge in [0.1, 0.15) is 5.15 Å². The van der Waals surface area contributed by atoms with Crippen LogP contribution >= 0.6 is 23.2 Å². The molecule has 0 bridgehead atoms. The molecule has 2 aromatic heterocycles. The van der Waals surface area contributed by atoms with Crippen LogP contribution in [0.25, 0.3) is 5.57 Å². The summed E-state index contributed by atoms with van der Waals surface area (Å²) in [5.41, 5.74) is 7.96. The molecule has 0 atom stereocenters. The van der Waals surface area contributed by atoms with Gasteiger partial charge in [0.25, 0.3) is 5.91 Å². The molecule has 156 valence electrons. The molecule has 1 aromatic carbocycles. The van der Waals surface area contributed by atoms with Crippen molar-refractivity contribution < 1.29 is 4.79 Å². The highest BCUT2D eigenvalue weighted by atomic mass is 35.5. The third kappa shape index (κ3) is 3.98. The Hall–Kier alpha value is -2.69. The number of aromatic nitrogens is 2. The fourth-order valence-corrected chi connectivity index (χ4v) is 4.85. The van der Waals surface area contributed by atoms with Crippen LogP contribution in [0.5, 0.6) is 0 Å². The molecular formula is C25H21Cl2N3O. The number of amides is 1. The van der Waals surface area contributed by atoms with Gasteiger partial charge in [-0.25, -0.2) is 4.98 Å². The first-order chi connectivity index (χ1) is 15.1. The van der Waals surface area contributed by atoms with Crippen LogP contribution in [0.1, 0.15) is 45.6 Å². The smallest absolute Gasteiger partial charge is 0.255 e. The monoisotopic (exact) mass is 449 g/mol. The zero-order chi connectivity index (χ0) is 21.4. The third-order valence-corrected chi connectivity index (χ3v) is 6.57. The van der Waals surface area contributed by atoms with E-state index in [0.717, 1.165) is 36.4 Å². The minimum Gasteiger partial charge on any atom is -0.338 e. The molecule has 6 heteroatoms. The summed E-state index contributed by atoms with van der Waals surface area (Å²) in [5.74, 6) is -0.000194. The first-order valence-electron chi connectivity index (χ1n) is 10.5. The number of nitrogens with zero attached hydrogens (tertiary/aromatic N) is 3. The highest BCUT2D eigenvalue weighted by Crippen LogP contribution is 2.38. The van der Waals surface area contributed by atoms with Crippen LogP contribution in [0.3, 0.4) is 0 Å². The number of halogens is 2. The van der Waals surface area contributed by atoms with Gasteiger partial charge in [0.2, 0.25) is 0 Å². The number of benzene rings is 1. The predicted octanol–water partition coefficient (Wildman–Crippen LogP) is 5.62. The van der Waals surface area contributed by atoms with Gasteiger partial charge in [-0.1, -0.05) is 40.9 Å². The Morgan fingerprint density at radius 3 is 2.48 bits per heavy atom. The lowest BCUT2D eigenvalue weighted by Gasteiger charge is -2.30. The van der Waals surface area contributed by atoms with Gasteiger partial charge >= 0.3 is 0 Å². The van der Waals surface area contributed by atoms with Crippen molar-refractivity contribution in [1.29, 1.82) is 0 Å². The number of carbonyl (C=O) groups excluding carboxylic acids is 1. The second-order valence-corrected chi connectivity index (χ2v) is 8.78. The topological polar surface area (TPSA) is 46.1 Å². The molecule has 3 heterocycles. The molecular weight excluding hydrogens is 429 g/mol. The molecule has 0 unspecified atom stereocenters. The Kier molecular flexibility index (Phi) is 5.51. The minimum absolute atomic E-state index is 0.000194. The zero-order valence-electron chi connectivity index (χ0n) is 16.9. The van der Waals surface area contributed by atoms with E-state index in [-0.39, 0.29) is 5.91 Å². The van der Waals surface area contributed by atoms with E-state index in [1.165, 1.54) is 27.8 Å². The summed E-state index contributed by atoms with van der Waals surface area (Å²) in [6, 6.07) is 13.7. The van der Waals surface area contributed by atoms with Crippen LogP contribution in [-0.2, 0) is 12.8 Å². The van der Waals surface area contributed by atoms with Crippen LogP contribution < -0.4 is 0 Å². The number of carbonyl (C=O) groups is 1. The van der Waals surface area contributed by atoms with Gasteiger partial charge in [-0.2, -0.15) is 0 Å². The molecule has 1 fully saturated rings. The van der Waals surface area contributed by atoms with E-state index in [2.05, 4.69) is 23.2 Å². The molecule has 1 amide bonds. The average molecular weight is 450 g/mol. The first-order valence-corrected chi connectivity index (χ1v) is 11.2. The summed E-state index contributed by atoms with van der Waals surface area (Å²) in [5, 5.41) is 1.15. The van der Waals surface area contributed by atoms with Gasteiger partial charge in [-0.05, 0) is 72.7 Å². The Morgan fingerprint density at radius 2 is 1.71 bits per heavy atom. The van der Waals surface area contributed by atoms with E-state index in [9.17, 15) is 4.79 Å². The Bertz CT molecular complexity index is 1180. The van der Waals surface area contributed by atoms with E-state index >= 15 is 0 Å². The molecule has 5 rings (SSSR count). The minimum atomic E-state index is -0.000194. The van der Waals surface area contributed by atoms with Gasteiger partial charge in [0.05, 0.1) is 11.3 Å². The number of aryl methyl sites for hydroxylation is 2. The van der Waals surface area contributed by atoms with E-state index in [1.807, 2.05) is 23.2 Å². The van der Waals surface area contributed by atoms with Gasteiger partial charge in [-0.3, -0.25) is 9.78 Å². The number of likely N-dealkylation sites (tertiary alicyclic amines) is 1. The van der Waals surface area contributed by atoms with Crippen LogP contribution in [0.15, 0.2) is 60.4 Å². The van der Waals surface area contributed by atoms with Crippen molar-refractivity contribution in [2.75, 3.05) is 13.1 Å². The molecule has 4 nitrogen and oxygen atoms in total. The van der Waals surface area contributed by atoms with Crippen LogP contribution in [0.2, 0.25) is 10.2 Å². The summed E-state index contributed by atoms with van der Waals surface area (Å²) in [6.07, 6.45) is 6.94. The molecule has 2 aliphatic rings. The maximum atomic E-state index is 12.9. The van der Waals surface area contributed by atoms with Crippen molar-refractivity contribution in [1.82, 2.24) is 14.9 Å². The van der Waals surface area contributed by atoms with Crippen molar-refractivity contribution in [3.8, 4) is 0 Å². The Labute approximate surface area is 191 Å². The van der Waals surface area contributed by atoms with Crippen molar-refractivity contribution in [2.45, 2.75) is 25.7 Å². The summed E-state index contributed by atoms with van der Waals surface area (Å²) < 4.78 is 0. The second kappa shape index (κ2) is 8.45. The van der Waals surface area contributed by atoms with Crippen LogP contribution in [0, 0.1) is 0 Å². The predicted molar refractivity (Wildman–Crippen MR) is 124 cm³/mol. The van der Waals surface area contributed by atoms with Gasteiger partial charge in [0, 0.05) is 36.1 Å². The van der Waals surface area contributed by atoms with E-state index < -0.39 is 0 Å². The standard InChI is InChI=1S/C25H21Cl2N3O/c26-20-6-7-21-18(14-20)4-3-17-2-1-11-28-24(17)23(21)16-9-12-30(13-10-16)25(31)19-5-8-22(27)29-15-19/h1-2,5-8,11,14-15H,3-4,9-10,12-13H2. The molecule has 0 N–H and O–H groups in total. The molecule has 3 aromatic rings. The van der Waals surface area contributed by atoms with E-state index in [0.29, 0.717) is 23.8 Å². The number of pyridine rings is 2. The van der Waals surface area contributed by atoms with Crippen molar-refractivity contribution in [3.05, 3.63) is 98.6 Å². The second-order valence-electron chi connectivity index (χ2n) is 7.95. The number of rotatable bonds is 1. The molecule has 0 saturated carbocycles. The maximum absolute atomic E-state index is 12.9. The highest BCUT2D eigenvalue weighted by molar-refractivity contribution is 6.30. The molecule has 1 saturated heterocycles. The molecule has 0 radical (unpaired) electrons. The number of piperidine rings is 1. The van der Waals surface area contributed by atoms with Crippen molar-refractivity contribution in [2.24, 2.45) is 0 Å². The van der Waals surface area contributed by atoms with Crippen molar-refractivity contribution >= 4 is 34.7 Å². The fourth-order valence-electron chi connectivity index (χ4n) is 4.55. The maximum Gasteiger partial charge on any atom is 0.255 e. The third-order valence-electron chi connectivity index (χ3n) is 6.11. The number of hydrogen-bond acceptors (Lipinski definition) is 3. The molecule has 0 spiro atoms. The van der Waals surface area contributed by atoms with Gasteiger partial charge in [-0.15, -0.1) is 0 Å². The lowest BCUT2D eigenvalue weighted by atomic mass is 9.88. The largest absolute Gasteiger partial charge is 0.338 e. The summed E-state index contributed by atoms with van der Waals surface area (Å²) in [6.45, 7) is 1.34. The average Bonchev–Trinajstić information content (AvgIpc) is 2.96. The molecule has 31 heavy (non-hydrogen) atoms. The summed E-state index contributed by atoms with van der Waals surface area (Å²) in [4.78, 5) is 23.6. The van der Waals surface area contributed by atoms with Gasteiger partial charge in [0.15, 0.2) is 0 Å². The quantitative estimate of drug-likeness (QED) is 0.452. The lowest BCUT2D eigenvalue weighted by Crippen LogP contribution is -2.36. The molecule has 1 aliphatic carbocycles. The fraction of sp³-hybridized carbons (Fsp3) is 0.240. The first kappa shape index (κ1) is 20.2. The number of fused-ring (bicyclic) bond motifs is 2. The van der Waals surface area contributed by atoms with E-state index in [1.54, 1.807) is 18.3 Å².